The van der Waals surface area contributed by atoms with Crippen LogP contribution in [-0.2, 0) is 11.8 Å². The third kappa shape index (κ3) is 2.96. The molecule has 3 aromatic rings. The Kier molecular flexibility index (Phi) is 4.52. The first-order valence-corrected chi connectivity index (χ1v) is 7.53. The highest BCUT2D eigenvalue weighted by Gasteiger charge is 2.46. The fraction of sp³-hybridized carbons (Fsp3) is 0.100. The lowest BCUT2D eigenvalue weighted by Gasteiger charge is -2.25. The van der Waals surface area contributed by atoms with Gasteiger partial charge in [0, 0.05) is 11.1 Å². The van der Waals surface area contributed by atoms with E-state index in [1.807, 2.05) is 0 Å². The summed E-state index contributed by atoms with van der Waals surface area (Å²) >= 11 is 0. The van der Waals surface area contributed by atoms with Crippen LogP contribution in [0.25, 0.3) is 0 Å². The Morgan fingerprint density at radius 1 is 0.577 bits per heavy atom. The molecule has 3 rings (SSSR count). The van der Waals surface area contributed by atoms with E-state index in [9.17, 15) is 26.3 Å². The zero-order valence-corrected chi connectivity index (χ0v) is 13.1. The lowest BCUT2D eigenvalue weighted by Crippen LogP contribution is -2.26. The van der Waals surface area contributed by atoms with Crippen LogP contribution in [0.5, 0.6) is 0 Å². The van der Waals surface area contributed by atoms with Gasteiger partial charge in [-0.05, 0) is 30.3 Å². The second kappa shape index (κ2) is 6.52. The van der Waals surface area contributed by atoms with Crippen LogP contribution in [-0.4, -0.2) is 0 Å². The summed E-state index contributed by atoms with van der Waals surface area (Å²) in [6.07, 6.45) is 0. The standard InChI is InChI=1S/C20H11F6/c21-17-11-5-3-9-15(17)19(23,24)13-7-1-2-8-14(13)20(25,26)16-10-4-6-12-18(16)22/h1-7,9-12H. The largest absolute Gasteiger partial charge is 0.302 e. The van der Waals surface area contributed by atoms with E-state index >= 15 is 0 Å². The van der Waals surface area contributed by atoms with Crippen molar-refractivity contribution >= 4 is 0 Å². The van der Waals surface area contributed by atoms with Crippen LogP contribution in [0.1, 0.15) is 22.3 Å². The van der Waals surface area contributed by atoms with Crippen LogP contribution in [0.2, 0.25) is 0 Å². The Morgan fingerprint density at radius 2 is 1.04 bits per heavy atom. The maximum atomic E-state index is 14.9. The monoisotopic (exact) mass is 365 g/mol. The second-order valence-electron chi connectivity index (χ2n) is 5.57. The first-order chi connectivity index (χ1) is 12.3. The van der Waals surface area contributed by atoms with Crippen molar-refractivity contribution in [3.05, 3.63) is 107 Å². The number of benzene rings is 3. The minimum absolute atomic E-state index is 0.757. The van der Waals surface area contributed by atoms with E-state index in [-0.39, 0.29) is 0 Å². The fourth-order valence-corrected chi connectivity index (χ4v) is 2.67. The smallest absolute Gasteiger partial charge is 0.206 e. The van der Waals surface area contributed by atoms with Gasteiger partial charge in [-0.2, -0.15) is 17.6 Å². The van der Waals surface area contributed by atoms with E-state index in [0.717, 1.165) is 42.5 Å². The van der Waals surface area contributed by atoms with Crippen LogP contribution in [0.15, 0.2) is 66.7 Å². The van der Waals surface area contributed by atoms with Crippen molar-refractivity contribution in [3.63, 3.8) is 0 Å². The molecular formula is C20H11F6. The average Bonchev–Trinajstić information content (AvgIpc) is 2.62. The summed E-state index contributed by atoms with van der Waals surface area (Å²) in [5, 5.41) is 0. The molecule has 0 aliphatic rings. The summed E-state index contributed by atoms with van der Waals surface area (Å²) in [6, 6.07) is 12.9. The molecular weight excluding hydrogens is 354 g/mol. The van der Waals surface area contributed by atoms with E-state index in [2.05, 4.69) is 6.07 Å². The summed E-state index contributed by atoms with van der Waals surface area (Å²) in [6.45, 7) is 0. The molecule has 0 amide bonds. The third-order valence-corrected chi connectivity index (χ3v) is 3.93. The molecule has 0 aromatic heterocycles. The van der Waals surface area contributed by atoms with Crippen molar-refractivity contribution in [3.8, 4) is 0 Å². The predicted octanol–water partition coefficient (Wildman–Crippen LogP) is 6.05. The SMILES string of the molecule is Fc1ccccc1C(F)(F)c1[c]cccc1C(F)(F)c1ccccc1F. The molecule has 133 valence electrons. The number of rotatable bonds is 4. The maximum absolute atomic E-state index is 14.9. The van der Waals surface area contributed by atoms with Crippen molar-refractivity contribution in [2.24, 2.45) is 0 Å². The molecule has 0 heterocycles. The topological polar surface area (TPSA) is 0 Å². The number of hydrogen-bond acceptors (Lipinski definition) is 0. The van der Waals surface area contributed by atoms with Crippen molar-refractivity contribution in [2.75, 3.05) is 0 Å². The van der Waals surface area contributed by atoms with Gasteiger partial charge in [0.05, 0.1) is 11.1 Å². The zero-order chi connectivity index (χ0) is 18.9. The van der Waals surface area contributed by atoms with Crippen LogP contribution in [0.4, 0.5) is 26.3 Å². The Morgan fingerprint density at radius 3 is 1.58 bits per heavy atom. The number of hydrogen-bond donors (Lipinski definition) is 0. The Hall–Kier alpha value is -2.76. The fourth-order valence-electron chi connectivity index (χ4n) is 2.67. The minimum Gasteiger partial charge on any atom is -0.206 e. The molecule has 26 heavy (non-hydrogen) atoms. The Labute approximate surface area is 145 Å². The van der Waals surface area contributed by atoms with E-state index in [1.165, 1.54) is 24.3 Å². The predicted molar refractivity (Wildman–Crippen MR) is 84.1 cm³/mol. The molecule has 0 bridgehead atoms. The molecule has 0 saturated carbocycles. The van der Waals surface area contributed by atoms with Crippen LogP contribution < -0.4 is 0 Å². The molecule has 0 aliphatic carbocycles. The summed E-state index contributed by atoms with van der Waals surface area (Å²) in [5.74, 6) is -10.6. The van der Waals surface area contributed by atoms with Gasteiger partial charge >= 0.3 is 11.8 Å². The highest BCUT2D eigenvalue weighted by Crippen LogP contribution is 2.45. The van der Waals surface area contributed by atoms with Gasteiger partial charge in [0.1, 0.15) is 11.6 Å². The van der Waals surface area contributed by atoms with Crippen molar-refractivity contribution in [1.82, 2.24) is 0 Å². The summed E-state index contributed by atoms with van der Waals surface area (Å²) in [7, 11) is 0. The van der Waals surface area contributed by atoms with Crippen LogP contribution in [0, 0.1) is 17.7 Å². The molecule has 1 radical (unpaired) electrons. The van der Waals surface area contributed by atoms with Gasteiger partial charge < -0.3 is 0 Å². The number of halogens is 6. The van der Waals surface area contributed by atoms with E-state index in [4.69, 9.17) is 0 Å². The van der Waals surface area contributed by atoms with Gasteiger partial charge in [-0.3, -0.25) is 0 Å². The first kappa shape index (κ1) is 18.0. The van der Waals surface area contributed by atoms with E-state index in [1.54, 1.807) is 0 Å². The van der Waals surface area contributed by atoms with E-state index in [0.29, 0.717) is 0 Å². The summed E-state index contributed by atoms with van der Waals surface area (Å²) < 4.78 is 87.1. The minimum atomic E-state index is -4.09. The molecule has 0 aliphatic heterocycles. The summed E-state index contributed by atoms with van der Waals surface area (Å²) in [4.78, 5) is 0. The molecule has 0 nitrogen and oxygen atoms in total. The van der Waals surface area contributed by atoms with Gasteiger partial charge in [0.2, 0.25) is 0 Å². The number of alkyl halides is 4. The lowest BCUT2D eigenvalue weighted by molar-refractivity contribution is 0.0114. The Balaban J connectivity index is 2.21. The van der Waals surface area contributed by atoms with Crippen LogP contribution in [0.3, 0.4) is 0 Å². The lowest BCUT2D eigenvalue weighted by atomic mass is 9.89. The molecule has 0 unspecified atom stereocenters. The third-order valence-electron chi connectivity index (χ3n) is 3.93. The van der Waals surface area contributed by atoms with Gasteiger partial charge in [0.15, 0.2) is 0 Å². The van der Waals surface area contributed by atoms with Gasteiger partial charge in [-0.25, -0.2) is 8.78 Å². The van der Waals surface area contributed by atoms with E-state index < -0.39 is 45.7 Å². The maximum Gasteiger partial charge on any atom is 0.302 e. The average molecular weight is 365 g/mol. The van der Waals surface area contributed by atoms with Crippen molar-refractivity contribution in [2.45, 2.75) is 11.8 Å². The molecule has 6 heteroatoms. The zero-order valence-electron chi connectivity index (χ0n) is 13.1. The highest BCUT2D eigenvalue weighted by molar-refractivity contribution is 5.45. The van der Waals surface area contributed by atoms with Crippen molar-refractivity contribution in [1.29, 1.82) is 0 Å². The molecule has 0 saturated heterocycles. The summed E-state index contributed by atoms with van der Waals surface area (Å²) in [5.41, 5.74) is -4.46. The quantitative estimate of drug-likeness (QED) is 0.494. The second-order valence-corrected chi connectivity index (χ2v) is 5.57. The first-order valence-electron chi connectivity index (χ1n) is 7.53. The molecule has 0 fully saturated rings. The molecule has 0 spiro atoms. The Bertz CT molecular complexity index is 856. The van der Waals surface area contributed by atoms with Crippen molar-refractivity contribution < 1.29 is 26.3 Å². The molecule has 0 N–H and O–H groups in total. The molecule has 3 aromatic carbocycles. The highest BCUT2D eigenvalue weighted by atomic mass is 19.3. The van der Waals surface area contributed by atoms with Crippen LogP contribution >= 0.6 is 0 Å². The van der Waals surface area contributed by atoms with Gasteiger partial charge in [0.25, 0.3) is 0 Å². The van der Waals surface area contributed by atoms with Gasteiger partial charge in [-0.1, -0.05) is 42.5 Å². The molecule has 0 atom stereocenters. The normalized spacial score (nSPS) is 12.2. The van der Waals surface area contributed by atoms with Gasteiger partial charge in [-0.15, -0.1) is 0 Å².